The summed E-state index contributed by atoms with van der Waals surface area (Å²) in [6.45, 7) is 1.09. The molecule has 24 heavy (non-hydrogen) atoms. The monoisotopic (exact) mass is 319 g/mol. The highest BCUT2D eigenvalue weighted by atomic mass is 16.5. The van der Waals surface area contributed by atoms with Gasteiger partial charge in [-0.3, -0.25) is 14.8 Å². The molecule has 0 bridgehead atoms. The second-order valence-corrected chi connectivity index (χ2v) is 5.88. The lowest BCUT2D eigenvalue weighted by Crippen LogP contribution is -2.36. The van der Waals surface area contributed by atoms with E-state index < -0.39 is 0 Å². The summed E-state index contributed by atoms with van der Waals surface area (Å²) in [7, 11) is 0. The molecule has 0 fully saturated rings. The van der Waals surface area contributed by atoms with Crippen molar-refractivity contribution in [2.45, 2.75) is 19.1 Å². The lowest BCUT2D eigenvalue weighted by atomic mass is 9.99. The number of fused-ring (bicyclic) bond motifs is 2. The van der Waals surface area contributed by atoms with Crippen LogP contribution in [0.1, 0.15) is 21.5 Å². The zero-order chi connectivity index (χ0) is 16.4. The number of amides is 1. The van der Waals surface area contributed by atoms with E-state index in [4.69, 9.17) is 4.74 Å². The van der Waals surface area contributed by atoms with E-state index in [1.54, 1.807) is 24.5 Å². The van der Waals surface area contributed by atoms with E-state index in [1.165, 1.54) is 11.1 Å². The molecule has 0 saturated heterocycles. The van der Waals surface area contributed by atoms with Gasteiger partial charge in [0.1, 0.15) is 0 Å². The number of nitrogens with one attached hydrogen (secondary N) is 1. The lowest BCUT2D eigenvalue weighted by molar-refractivity contribution is 0.0285. The second-order valence-electron chi connectivity index (χ2n) is 5.88. The SMILES string of the molecule is O=C(NCC1Cc2ccccc2CO1)c1ccc2nccnc2c1. The summed E-state index contributed by atoms with van der Waals surface area (Å²) in [6.07, 6.45) is 4.08. The van der Waals surface area contributed by atoms with Gasteiger partial charge in [0.2, 0.25) is 0 Å². The van der Waals surface area contributed by atoms with E-state index in [0.717, 1.165) is 11.9 Å². The van der Waals surface area contributed by atoms with Crippen molar-refractivity contribution in [1.82, 2.24) is 15.3 Å². The van der Waals surface area contributed by atoms with Crippen molar-refractivity contribution in [3.05, 3.63) is 71.5 Å². The zero-order valence-corrected chi connectivity index (χ0v) is 13.1. The number of nitrogens with zero attached hydrogens (tertiary/aromatic N) is 2. The van der Waals surface area contributed by atoms with Gasteiger partial charge in [-0.15, -0.1) is 0 Å². The first-order valence-corrected chi connectivity index (χ1v) is 7.97. The normalized spacial score (nSPS) is 16.6. The molecule has 1 amide bonds. The van der Waals surface area contributed by atoms with Crippen molar-refractivity contribution >= 4 is 16.9 Å². The largest absolute Gasteiger partial charge is 0.371 e. The third-order valence-electron chi connectivity index (χ3n) is 4.26. The Balaban J connectivity index is 1.41. The predicted octanol–water partition coefficient (Wildman–Crippen LogP) is 2.50. The number of rotatable bonds is 3. The molecule has 1 aliphatic heterocycles. The van der Waals surface area contributed by atoms with Crippen molar-refractivity contribution in [1.29, 1.82) is 0 Å². The molecule has 120 valence electrons. The summed E-state index contributed by atoms with van der Waals surface area (Å²) < 4.78 is 5.82. The first-order valence-electron chi connectivity index (χ1n) is 7.97. The van der Waals surface area contributed by atoms with Crippen LogP contribution in [-0.2, 0) is 17.8 Å². The highest BCUT2D eigenvalue weighted by molar-refractivity contribution is 5.97. The molecule has 2 aromatic carbocycles. The molecule has 2 heterocycles. The van der Waals surface area contributed by atoms with Crippen molar-refractivity contribution in [2.24, 2.45) is 0 Å². The van der Waals surface area contributed by atoms with E-state index in [1.807, 2.05) is 18.2 Å². The molecule has 1 aliphatic rings. The van der Waals surface area contributed by atoms with Gasteiger partial charge in [0.15, 0.2) is 0 Å². The molecule has 3 aromatic rings. The Morgan fingerprint density at radius 3 is 2.75 bits per heavy atom. The van der Waals surface area contributed by atoms with Gasteiger partial charge in [0.05, 0.1) is 23.7 Å². The standard InChI is InChI=1S/C19H17N3O2/c23-19(14-5-6-17-18(10-14)21-8-7-20-17)22-11-16-9-13-3-1-2-4-15(13)12-24-16/h1-8,10,16H,9,11-12H2,(H,22,23). The van der Waals surface area contributed by atoms with E-state index in [2.05, 4.69) is 27.4 Å². The number of benzene rings is 2. The minimum absolute atomic E-state index is 0.00379. The molecule has 4 rings (SSSR count). The Hall–Kier alpha value is -2.79. The molecular weight excluding hydrogens is 302 g/mol. The van der Waals surface area contributed by atoms with Gasteiger partial charge in [-0.2, -0.15) is 0 Å². The van der Waals surface area contributed by atoms with Gasteiger partial charge in [0.25, 0.3) is 5.91 Å². The third kappa shape index (κ3) is 2.98. The van der Waals surface area contributed by atoms with Gasteiger partial charge in [-0.05, 0) is 29.3 Å². The number of ether oxygens (including phenoxy) is 1. The van der Waals surface area contributed by atoms with Crippen LogP contribution in [0, 0.1) is 0 Å². The first-order chi connectivity index (χ1) is 11.8. The van der Waals surface area contributed by atoms with Crippen molar-refractivity contribution < 1.29 is 9.53 Å². The van der Waals surface area contributed by atoms with Gasteiger partial charge >= 0.3 is 0 Å². The van der Waals surface area contributed by atoms with Crippen LogP contribution < -0.4 is 5.32 Å². The van der Waals surface area contributed by atoms with Gasteiger partial charge in [0, 0.05) is 30.9 Å². The third-order valence-corrected chi connectivity index (χ3v) is 4.26. The maximum atomic E-state index is 12.4. The van der Waals surface area contributed by atoms with Crippen LogP contribution in [0.15, 0.2) is 54.9 Å². The van der Waals surface area contributed by atoms with Crippen LogP contribution in [0.3, 0.4) is 0 Å². The molecule has 5 nitrogen and oxygen atoms in total. The number of carbonyl (C=O) groups is 1. The number of carbonyl (C=O) groups excluding carboxylic acids is 1. The molecule has 5 heteroatoms. The highest BCUT2D eigenvalue weighted by Crippen LogP contribution is 2.20. The van der Waals surface area contributed by atoms with Crippen LogP contribution >= 0.6 is 0 Å². The molecule has 0 spiro atoms. The Labute approximate surface area is 139 Å². The summed E-state index contributed by atoms with van der Waals surface area (Å²) in [4.78, 5) is 20.8. The fourth-order valence-corrected chi connectivity index (χ4v) is 2.95. The first kappa shape index (κ1) is 14.8. The predicted molar refractivity (Wildman–Crippen MR) is 90.6 cm³/mol. The molecule has 0 saturated carbocycles. The van der Waals surface area contributed by atoms with E-state index >= 15 is 0 Å². The summed E-state index contributed by atoms with van der Waals surface area (Å²) in [5.74, 6) is -0.120. The average Bonchev–Trinajstić information content (AvgIpc) is 2.65. The Bertz CT molecular complexity index is 894. The summed E-state index contributed by atoms with van der Waals surface area (Å²) in [5.41, 5.74) is 4.60. The van der Waals surface area contributed by atoms with Crippen LogP contribution in [0.2, 0.25) is 0 Å². The molecule has 0 radical (unpaired) electrons. The maximum Gasteiger partial charge on any atom is 0.251 e. The second kappa shape index (κ2) is 6.37. The fourth-order valence-electron chi connectivity index (χ4n) is 2.95. The number of aromatic nitrogens is 2. The van der Waals surface area contributed by atoms with Gasteiger partial charge < -0.3 is 10.1 Å². The highest BCUT2D eigenvalue weighted by Gasteiger charge is 2.19. The van der Waals surface area contributed by atoms with E-state index in [0.29, 0.717) is 24.2 Å². The minimum atomic E-state index is -0.120. The van der Waals surface area contributed by atoms with Crippen molar-refractivity contribution in [3.8, 4) is 0 Å². The summed E-state index contributed by atoms with van der Waals surface area (Å²) >= 11 is 0. The quantitative estimate of drug-likeness (QED) is 0.805. The smallest absolute Gasteiger partial charge is 0.251 e. The maximum absolute atomic E-state index is 12.4. The van der Waals surface area contributed by atoms with Crippen LogP contribution in [-0.4, -0.2) is 28.5 Å². The molecule has 0 aliphatic carbocycles. The fraction of sp³-hybridized carbons (Fsp3) is 0.211. The zero-order valence-electron chi connectivity index (χ0n) is 13.1. The Morgan fingerprint density at radius 1 is 1.08 bits per heavy atom. The lowest BCUT2D eigenvalue weighted by Gasteiger charge is -2.25. The van der Waals surface area contributed by atoms with Crippen molar-refractivity contribution in [2.75, 3.05) is 6.54 Å². The van der Waals surface area contributed by atoms with Gasteiger partial charge in [-0.1, -0.05) is 24.3 Å². The van der Waals surface area contributed by atoms with E-state index in [9.17, 15) is 4.79 Å². The Kier molecular flexibility index (Phi) is 3.92. The number of hydrogen-bond acceptors (Lipinski definition) is 4. The molecular formula is C19H17N3O2. The molecule has 1 atom stereocenters. The van der Waals surface area contributed by atoms with E-state index in [-0.39, 0.29) is 12.0 Å². The molecule has 1 N–H and O–H groups in total. The minimum Gasteiger partial charge on any atom is -0.371 e. The molecule has 1 aromatic heterocycles. The topological polar surface area (TPSA) is 64.1 Å². The van der Waals surface area contributed by atoms with Crippen LogP contribution in [0.5, 0.6) is 0 Å². The molecule has 1 unspecified atom stereocenters. The average molecular weight is 319 g/mol. The summed E-state index contributed by atoms with van der Waals surface area (Å²) in [5, 5.41) is 2.95. The Morgan fingerprint density at radius 2 is 1.88 bits per heavy atom. The van der Waals surface area contributed by atoms with Crippen molar-refractivity contribution in [3.63, 3.8) is 0 Å². The van der Waals surface area contributed by atoms with Crippen LogP contribution in [0.4, 0.5) is 0 Å². The van der Waals surface area contributed by atoms with Gasteiger partial charge in [-0.25, -0.2) is 0 Å². The summed E-state index contributed by atoms with van der Waals surface area (Å²) in [6, 6.07) is 13.6. The van der Waals surface area contributed by atoms with Crippen LogP contribution in [0.25, 0.3) is 11.0 Å². The number of hydrogen-bond donors (Lipinski definition) is 1.